The summed E-state index contributed by atoms with van der Waals surface area (Å²) in [6.45, 7) is 3.52. The lowest BCUT2D eigenvalue weighted by atomic mass is 10.1. The zero-order chi connectivity index (χ0) is 22.0. The Labute approximate surface area is 185 Å². The fourth-order valence-electron chi connectivity index (χ4n) is 3.90. The topological polar surface area (TPSA) is 92.7 Å². The minimum Gasteiger partial charge on any atom is -0.376 e. The molecule has 2 aliphatic rings. The van der Waals surface area contributed by atoms with Gasteiger partial charge in [0, 0.05) is 42.4 Å². The third-order valence-electron chi connectivity index (χ3n) is 5.49. The summed E-state index contributed by atoms with van der Waals surface area (Å²) in [5.74, 6) is -1.07. The maximum Gasteiger partial charge on any atom is 0.265 e. The Hall–Kier alpha value is -3.04. The van der Waals surface area contributed by atoms with E-state index >= 15 is 0 Å². The van der Waals surface area contributed by atoms with Crippen molar-refractivity contribution in [2.75, 3.05) is 19.7 Å². The van der Waals surface area contributed by atoms with Gasteiger partial charge in [-0.15, -0.1) is 0 Å². The van der Waals surface area contributed by atoms with Crippen molar-refractivity contribution in [2.45, 2.75) is 32.4 Å². The Morgan fingerprint density at radius 2 is 2.16 bits per heavy atom. The third-order valence-corrected chi connectivity index (χ3v) is 5.81. The number of para-hydroxylation sites is 1. The molecule has 0 radical (unpaired) electrons. The second-order valence-electron chi connectivity index (χ2n) is 7.54. The second kappa shape index (κ2) is 8.99. The molecular formula is C22H24N4O4S. The molecule has 9 heteroatoms. The SMILES string of the molecule is CCN1C(=O)C(=Cc2cn(CC(=O)NCC3CCCO3)c3ccccc23)C(=O)NC1=S. The molecule has 3 heterocycles. The van der Waals surface area contributed by atoms with Crippen LogP contribution in [0.25, 0.3) is 17.0 Å². The summed E-state index contributed by atoms with van der Waals surface area (Å²) in [4.78, 5) is 39.0. The number of thiocarbonyl (C=S) groups is 1. The van der Waals surface area contributed by atoms with Crippen LogP contribution in [0.1, 0.15) is 25.3 Å². The number of nitrogens with zero attached hydrogens (tertiary/aromatic N) is 2. The molecular weight excluding hydrogens is 416 g/mol. The largest absolute Gasteiger partial charge is 0.376 e. The van der Waals surface area contributed by atoms with Gasteiger partial charge in [0.15, 0.2) is 5.11 Å². The molecule has 1 atom stereocenters. The molecule has 2 aromatic rings. The van der Waals surface area contributed by atoms with Crippen LogP contribution in [0, 0.1) is 0 Å². The van der Waals surface area contributed by atoms with Gasteiger partial charge in [0.1, 0.15) is 12.1 Å². The van der Waals surface area contributed by atoms with Gasteiger partial charge in [0.25, 0.3) is 11.8 Å². The number of fused-ring (bicyclic) bond motifs is 1. The number of benzene rings is 1. The van der Waals surface area contributed by atoms with Gasteiger partial charge in [-0.1, -0.05) is 18.2 Å². The molecule has 0 spiro atoms. The summed E-state index contributed by atoms with van der Waals surface area (Å²) >= 11 is 5.08. The fourth-order valence-corrected chi connectivity index (χ4v) is 4.21. The Morgan fingerprint density at radius 3 is 2.90 bits per heavy atom. The molecule has 3 amide bonds. The highest BCUT2D eigenvalue weighted by Gasteiger charge is 2.32. The quantitative estimate of drug-likeness (QED) is 0.404. The summed E-state index contributed by atoms with van der Waals surface area (Å²) < 4.78 is 7.37. The first-order valence-corrected chi connectivity index (χ1v) is 10.7. The number of hydrogen-bond acceptors (Lipinski definition) is 5. The Balaban J connectivity index is 1.60. The number of likely N-dealkylation sites (N-methyl/N-ethyl adjacent to an activating group) is 1. The van der Waals surface area contributed by atoms with E-state index in [1.54, 1.807) is 19.2 Å². The summed E-state index contributed by atoms with van der Waals surface area (Å²) in [7, 11) is 0. The van der Waals surface area contributed by atoms with E-state index in [0.29, 0.717) is 18.7 Å². The molecule has 8 nitrogen and oxygen atoms in total. The first kappa shape index (κ1) is 21.2. The average Bonchev–Trinajstić information content (AvgIpc) is 3.38. The van der Waals surface area contributed by atoms with Crippen LogP contribution in [-0.4, -0.2) is 58.1 Å². The molecule has 1 unspecified atom stereocenters. The fraction of sp³-hybridized carbons (Fsp3) is 0.364. The number of amides is 3. The Morgan fingerprint density at radius 1 is 1.35 bits per heavy atom. The number of hydrogen-bond donors (Lipinski definition) is 2. The van der Waals surface area contributed by atoms with Crippen molar-refractivity contribution < 1.29 is 19.1 Å². The number of carbonyl (C=O) groups excluding carboxylic acids is 3. The van der Waals surface area contributed by atoms with E-state index in [2.05, 4.69) is 10.6 Å². The first-order chi connectivity index (χ1) is 15.0. The van der Waals surface area contributed by atoms with Crippen molar-refractivity contribution in [3.8, 4) is 0 Å². The van der Waals surface area contributed by atoms with Crippen LogP contribution in [0.4, 0.5) is 0 Å². The number of ether oxygens (including phenoxy) is 1. The monoisotopic (exact) mass is 440 g/mol. The molecule has 0 saturated carbocycles. The first-order valence-electron chi connectivity index (χ1n) is 10.3. The average molecular weight is 441 g/mol. The standard InChI is InChI=1S/C22H24N4O4S/c1-2-26-21(29)17(20(28)24-22(26)31)10-14-12-25(18-8-4-3-7-16(14)18)13-19(27)23-11-15-6-5-9-30-15/h3-4,7-8,10,12,15H,2,5-6,9,11,13H2,1H3,(H,23,27)(H,24,28,31). The van der Waals surface area contributed by atoms with Crippen molar-refractivity contribution >= 4 is 52.0 Å². The summed E-state index contributed by atoms with van der Waals surface area (Å²) in [5, 5.41) is 6.44. The van der Waals surface area contributed by atoms with Gasteiger partial charge in [-0.05, 0) is 44.1 Å². The highest BCUT2D eigenvalue weighted by atomic mass is 32.1. The van der Waals surface area contributed by atoms with E-state index in [1.807, 2.05) is 28.8 Å². The predicted molar refractivity (Wildman–Crippen MR) is 120 cm³/mol. The van der Waals surface area contributed by atoms with Crippen LogP contribution in [-0.2, 0) is 25.7 Å². The summed E-state index contributed by atoms with van der Waals surface area (Å²) in [6.07, 6.45) is 5.40. The lowest BCUT2D eigenvalue weighted by Crippen LogP contribution is -2.53. The number of carbonyl (C=O) groups is 3. The number of nitrogens with one attached hydrogen (secondary N) is 2. The maximum atomic E-state index is 12.7. The van der Waals surface area contributed by atoms with Crippen LogP contribution < -0.4 is 10.6 Å². The van der Waals surface area contributed by atoms with Crippen LogP contribution >= 0.6 is 12.2 Å². The van der Waals surface area contributed by atoms with E-state index in [1.165, 1.54) is 4.90 Å². The molecule has 1 aromatic carbocycles. The molecule has 2 aliphatic heterocycles. The van der Waals surface area contributed by atoms with E-state index in [-0.39, 0.29) is 29.2 Å². The Kier molecular flexibility index (Phi) is 6.15. The van der Waals surface area contributed by atoms with Gasteiger partial charge in [0.2, 0.25) is 5.91 Å². The number of rotatable bonds is 6. The Bertz CT molecular complexity index is 1080. The van der Waals surface area contributed by atoms with Crippen LogP contribution in [0.2, 0.25) is 0 Å². The van der Waals surface area contributed by atoms with Crippen LogP contribution in [0.15, 0.2) is 36.0 Å². The summed E-state index contributed by atoms with van der Waals surface area (Å²) in [5.41, 5.74) is 1.54. The van der Waals surface area contributed by atoms with Crippen LogP contribution in [0.5, 0.6) is 0 Å². The second-order valence-corrected chi connectivity index (χ2v) is 7.92. The van der Waals surface area contributed by atoms with Gasteiger partial charge in [0.05, 0.1) is 6.10 Å². The van der Waals surface area contributed by atoms with E-state index in [0.717, 1.165) is 30.4 Å². The van der Waals surface area contributed by atoms with E-state index in [4.69, 9.17) is 17.0 Å². The zero-order valence-electron chi connectivity index (χ0n) is 17.2. The molecule has 31 heavy (non-hydrogen) atoms. The van der Waals surface area contributed by atoms with Crippen molar-refractivity contribution in [3.63, 3.8) is 0 Å². The van der Waals surface area contributed by atoms with Gasteiger partial charge >= 0.3 is 0 Å². The lowest BCUT2D eigenvalue weighted by molar-refractivity contribution is -0.128. The smallest absolute Gasteiger partial charge is 0.265 e. The minimum atomic E-state index is -0.522. The normalized spacial score (nSPS) is 20.5. The molecule has 2 N–H and O–H groups in total. The van der Waals surface area contributed by atoms with Gasteiger partial charge in [-0.25, -0.2) is 0 Å². The maximum absolute atomic E-state index is 12.7. The molecule has 0 aliphatic carbocycles. The van der Waals surface area contributed by atoms with Gasteiger partial charge in [-0.3, -0.25) is 24.6 Å². The molecule has 2 saturated heterocycles. The van der Waals surface area contributed by atoms with Crippen molar-refractivity contribution in [3.05, 3.63) is 41.6 Å². The molecule has 162 valence electrons. The number of aromatic nitrogens is 1. The minimum absolute atomic E-state index is 0.0150. The summed E-state index contributed by atoms with van der Waals surface area (Å²) in [6, 6.07) is 7.56. The highest BCUT2D eigenvalue weighted by molar-refractivity contribution is 7.80. The molecule has 1 aromatic heterocycles. The zero-order valence-corrected chi connectivity index (χ0v) is 18.0. The van der Waals surface area contributed by atoms with Crippen LogP contribution in [0.3, 0.4) is 0 Å². The van der Waals surface area contributed by atoms with Crippen molar-refractivity contribution in [2.24, 2.45) is 0 Å². The third kappa shape index (κ3) is 4.38. The molecule has 2 fully saturated rings. The lowest BCUT2D eigenvalue weighted by Gasteiger charge is -2.27. The van der Waals surface area contributed by atoms with Gasteiger partial charge < -0.3 is 14.6 Å². The van der Waals surface area contributed by atoms with E-state index in [9.17, 15) is 14.4 Å². The predicted octanol–water partition coefficient (Wildman–Crippen LogP) is 1.58. The molecule has 0 bridgehead atoms. The molecule has 4 rings (SSSR count). The van der Waals surface area contributed by atoms with Crippen molar-refractivity contribution in [1.29, 1.82) is 0 Å². The highest BCUT2D eigenvalue weighted by Crippen LogP contribution is 2.25. The van der Waals surface area contributed by atoms with Crippen molar-refractivity contribution in [1.82, 2.24) is 20.1 Å². The van der Waals surface area contributed by atoms with Gasteiger partial charge in [-0.2, -0.15) is 0 Å². The van der Waals surface area contributed by atoms with E-state index < -0.39 is 11.8 Å².